The average Bonchev–Trinajstić information content (AvgIpc) is 3.01. The smallest absolute Gasteiger partial charge is 0.227 e. The van der Waals surface area contributed by atoms with E-state index in [-0.39, 0.29) is 11.3 Å². The molecule has 3 rings (SSSR count). The predicted molar refractivity (Wildman–Crippen MR) is 91.5 cm³/mol. The summed E-state index contributed by atoms with van der Waals surface area (Å²) < 4.78 is 0. The molecule has 0 unspecified atom stereocenters. The van der Waals surface area contributed by atoms with Crippen LogP contribution in [0.15, 0.2) is 6.33 Å². The molecule has 0 bridgehead atoms. The molecule has 1 saturated heterocycles. The van der Waals surface area contributed by atoms with E-state index >= 15 is 0 Å². The van der Waals surface area contributed by atoms with Crippen LogP contribution in [0, 0.1) is 5.41 Å². The number of hydrogen-bond acceptors (Lipinski definition) is 4. The molecule has 0 radical (unpaired) electrons. The summed E-state index contributed by atoms with van der Waals surface area (Å²) in [5.74, 6) is 1.37. The molecule has 0 saturated carbocycles. The van der Waals surface area contributed by atoms with Crippen LogP contribution in [0.2, 0.25) is 0 Å². The van der Waals surface area contributed by atoms with E-state index in [2.05, 4.69) is 14.9 Å². The van der Waals surface area contributed by atoms with Crippen LogP contribution >= 0.6 is 0 Å². The fourth-order valence-electron chi connectivity index (χ4n) is 3.77. The van der Waals surface area contributed by atoms with Gasteiger partial charge in [-0.25, -0.2) is 9.97 Å². The van der Waals surface area contributed by atoms with E-state index < -0.39 is 0 Å². The molecular formula is C18H28N4O. The van der Waals surface area contributed by atoms with E-state index in [4.69, 9.17) is 0 Å². The number of anilines is 1. The Morgan fingerprint density at radius 2 is 1.91 bits per heavy atom. The molecule has 0 spiro atoms. The third kappa shape index (κ3) is 3.19. The monoisotopic (exact) mass is 316 g/mol. The minimum atomic E-state index is -0.306. The summed E-state index contributed by atoms with van der Waals surface area (Å²) in [5, 5.41) is 0. The van der Waals surface area contributed by atoms with Crippen molar-refractivity contribution in [3.05, 3.63) is 17.6 Å². The average molecular weight is 316 g/mol. The summed E-state index contributed by atoms with van der Waals surface area (Å²) in [6.07, 6.45) is 7.12. The first-order chi connectivity index (χ1) is 10.9. The van der Waals surface area contributed by atoms with Gasteiger partial charge in [0.1, 0.15) is 12.1 Å². The Kier molecular flexibility index (Phi) is 4.30. The van der Waals surface area contributed by atoms with Crippen molar-refractivity contribution in [3.63, 3.8) is 0 Å². The number of nitrogens with zero attached hydrogens (tertiary/aromatic N) is 4. The van der Waals surface area contributed by atoms with Crippen LogP contribution in [-0.4, -0.2) is 47.0 Å². The van der Waals surface area contributed by atoms with Gasteiger partial charge in [0.15, 0.2) is 0 Å². The van der Waals surface area contributed by atoms with Gasteiger partial charge in [-0.3, -0.25) is 4.79 Å². The quantitative estimate of drug-likeness (QED) is 0.841. The first-order valence-corrected chi connectivity index (χ1v) is 8.73. The zero-order chi connectivity index (χ0) is 16.6. The molecule has 1 aromatic heterocycles. The van der Waals surface area contributed by atoms with E-state index in [9.17, 15) is 4.79 Å². The highest BCUT2D eigenvalue weighted by atomic mass is 16.2. The largest absolute Gasteiger partial charge is 0.356 e. The fourth-order valence-corrected chi connectivity index (χ4v) is 3.77. The van der Waals surface area contributed by atoms with Crippen LogP contribution < -0.4 is 4.90 Å². The molecule has 1 aromatic rings. The van der Waals surface area contributed by atoms with Crippen molar-refractivity contribution < 1.29 is 4.79 Å². The molecule has 5 heteroatoms. The first kappa shape index (κ1) is 16.2. The Morgan fingerprint density at radius 3 is 2.57 bits per heavy atom. The molecule has 1 fully saturated rings. The topological polar surface area (TPSA) is 49.3 Å². The molecular weight excluding hydrogens is 288 g/mol. The number of rotatable bonds is 2. The van der Waals surface area contributed by atoms with Crippen molar-refractivity contribution in [2.75, 3.05) is 25.0 Å². The Labute approximate surface area is 139 Å². The second-order valence-corrected chi connectivity index (χ2v) is 7.86. The number of fused-ring (bicyclic) bond motifs is 1. The number of carbonyl (C=O) groups excluding carboxylic acids is 1. The van der Waals surface area contributed by atoms with Gasteiger partial charge in [-0.15, -0.1) is 0 Å². The second kappa shape index (κ2) is 6.10. The van der Waals surface area contributed by atoms with Crippen LogP contribution in [0.1, 0.15) is 51.3 Å². The molecule has 126 valence electrons. The third-order valence-electron chi connectivity index (χ3n) is 5.13. The van der Waals surface area contributed by atoms with E-state index in [1.165, 1.54) is 17.7 Å². The second-order valence-electron chi connectivity index (χ2n) is 7.86. The first-order valence-electron chi connectivity index (χ1n) is 8.73. The van der Waals surface area contributed by atoms with E-state index in [1.54, 1.807) is 6.33 Å². The number of piperidine rings is 1. The molecule has 23 heavy (non-hydrogen) atoms. The van der Waals surface area contributed by atoms with Crippen molar-refractivity contribution in [2.24, 2.45) is 5.41 Å². The van der Waals surface area contributed by atoms with Crippen LogP contribution in [0.4, 0.5) is 5.82 Å². The van der Waals surface area contributed by atoms with Crippen LogP contribution in [-0.2, 0) is 17.6 Å². The standard InChI is InChI=1S/C18H28N4O/c1-18(2,3)17(23)21(4)13-8-10-22(11-9-13)16-14-6-5-7-15(14)19-12-20-16/h12-13H,5-11H2,1-4H3. The molecule has 2 aliphatic rings. The van der Waals surface area contributed by atoms with E-state index in [0.29, 0.717) is 6.04 Å². The normalized spacial score (nSPS) is 18.9. The number of aryl methyl sites for hydroxylation is 1. The van der Waals surface area contributed by atoms with Crippen molar-refractivity contribution in [1.82, 2.24) is 14.9 Å². The predicted octanol–water partition coefficient (Wildman–Crippen LogP) is 2.44. The molecule has 1 aliphatic carbocycles. The van der Waals surface area contributed by atoms with Gasteiger partial charge in [0.05, 0.1) is 0 Å². The lowest BCUT2D eigenvalue weighted by atomic mass is 9.92. The Hall–Kier alpha value is -1.65. The molecule has 1 aliphatic heterocycles. The molecule has 0 N–H and O–H groups in total. The molecule has 5 nitrogen and oxygen atoms in total. The number of hydrogen-bond donors (Lipinski definition) is 0. The van der Waals surface area contributed by atoms with Gasteiger partial charge in [0, 0.05) is 42.9 Å². The third-order valence-corrected chi connectivity index (χ3v) is 5.13. The fraction of sp³-hybridized carbons (Fsp3) is 0.722. The number of aromatic nitrogens is 2. The SMILES string of the molecule is CN(C(=O)C(C)(C)C)C1CCN(c2ncnc3c2CCC3)CC1. The summed E-state index contributed by atoms with van der Waals surface area (Å²) in [6.45, 7) is 7.91. The van der Waals surface area contributed by atoms with Crippen molar-refractivity contribution >= 4 is 11.7 Å². The highest BCUT2D eigenvalue weighted by Gasteiger charge is 2.32. The Morgan fingerprint density at radius 1 is 1.22 bits per heavy atom. The minimum absolute atomic E-state index is 0.235. The number of amides is 1. The zero-order valence-electron chi connectivity index (χ0n) is 14.8. The highest BCUT2D eigenvalue weighted by molar-refractivity contribution is 5.81. The van der Waals surface area contributed by atoms with Crippen LogP contribution in [0.5, 0.6) is 0 Å². The molecule has 2 heterocycles. The van der Waals surface area contributed by atoms with Crippen molar-refractivity contribution in [3.8, 4) is 0 Å². The Bertz CT molecular complexity index is 585. The maximum absolute atomic E-state index is 12.5. The van der Waals surface area contributed by atoms with Gasteiger partial charge >= 0.3 is 0 Å². The van der Waals surface area contributed by atoms with Crippen molar-refractivity contribution in [1.29, 1.82) is 0 Å². The molecule has 0 aromatic carbocycles. The lowest BCUT2D eigenvalue weighted by Gasteiger charge is -2.39. The number of carbonyl (C=O) groups is 1. The summed E-state index contributed by atoms with van der Waals surface area (Å²) in [5.41, 5.74) is 2.28. The summed E-state index contributed by atoms with van der Waals surface area (Å²) >= 11 is 0. The van der Waals surface area contributed by atoms with Crippen molar-refractivity contribution in [2.45, 2.75) is 58.9 Å². The minimum Gasteiger partial charge on any atom is -0.356 e. The summed E-state index contributed by atoms with van der Waals surface area (Å²) in [7, 11) is 1.95. The van der Waals surface area contributed by atoms with Gasteiger partial charge in [-0.1, -0.05) is 20.8 Å². The maximum atomic E-state index is 12.5. The van der Waals surface area contributed by atoms with Gasteiger partial charge in [-0.05, 0) is 32.1 Å². The summed E-state index contributed by atoms with van der Waals surface area (Å²) in [6, 6.07) is 0.341. The van der Waals surface area contributed by atoms with Gasteiger partial charge in [0.25, 0.3) is 0 Å². The maximum Gasteiger partial charge on any atom is 0.227 e. The summed E-state index contributed by atoms with van der Waals surface area (Å²) in [4.78, 5) is 25.8. The highest BCUT2D eigenvalue weighted by Crippen LogP contribution is 2.30. The van der Waals surface area contributed by atoms with Gasteiger partial charge < -0.3 is 9.80 Å². The lowest BCUT2D eigenvalue weighted by Crippen LogP contribution is -2.49. The molecule has 1 amide bonds. The molecule has 0 atom stereocenters. The Balaban J connectivity index is 1.65. The van der Waals surface area contributed by atoms with Crippen LogP contribution in [0.3, 0.4) is 0 Å². The lowest BCUT2D eigenvalue weighted by molar-refractivity contribution is -0.140. The zero-order valence-corrected chi connectivity index (χ0v) is 14.8. The van der Waals surface area contributed by atoms with Gasteiger partial charge in [-0.2, -0.15) is 0 Å². The van der Waals surface area contributed by atoms with E-state index in [0.717, 1.165) is 44.6 Å². The van der Waals surface area contributed by atoms with E-state index in [1.807, 2.05) is 32.7 Å². The van der Waals surface area contributed by atoms with Gasteiger partial charge in [0.2, 0.25) is 5.91 Å². The van der Waals surface area contributed by atoms with Crippen LogP contribution in [0.25, 0.3) is 0 Å².